The van der Waals surface area contributed by atoms with Crippen LogP contribution in [0.3, 0.4) is 0 Å². The van der Waals surface area contributed by atoms with Gasteiger partial charge in [-0.3, -0.25) is 9.59 Å². The molecule has 0 aliphatic heterocycles. The summed E-state index contributed by atoms with van der Waals surface area (Å²) in [6.45, 7) is 4.35. The Hall–Kier alpha value is -2.63. The third kappa shape index (κ3) is 4.76. The Balaban J connectivity index is 3.44. The maximum atomic E-state index is 11.8. The predicted molar refractivity (Wildman–Crippen MR) is 75.7 cm³/mol. The second kappa shape index (κ2) is 7.23. The van der Waals surface area contributed by atoms with Gasteiger partial charge in [-0.25, -0.2) is 4.79 Å². The van der Waals surface area contributed by atoms with Crippen molar-refractivity contribution >= 4 is 23.5 Å². The van der Waals surface area contributed by atoms with Crippen molar-refractivity contribution in [1.29, 1.82) is 0 Å². The molecule has 6 nitrogen and oxygen atoms in total. The van der Waals surface area contributed by atoms with E-state index >= 15 is 0 Å². The number of methoxy groups -OCH3 is 1. The van der Waals surface area contributed by atoms with Gasteiger partial charge in [-0.05, 0) is 6.92 Å². The summed E-state index contributed by atoms with van der Waals surface area (Å²) in [6, 6.07) is 7.01. The van der Waals surface area contributed by atoms with Crippen LogP contribution in [0.5, 0.6) is 0 Å². The van der Waals surface area contributed by atoms with Gasteiger partial charge in [0.15, 0.2) is 0 Å². The molecule has 1 amide bonds. The SMILES string of the molecule is COC(=O)/C(OC(C)=O)=C(\NC(C)=O)c1ccc(C)cc1. The largest absolute Gasteiger partial charge is 0.463 e. The first kappa shape index (κ1) is 16.4. The van der Waals surface area contributed by atoms with Crippen molar-refractivity contribution in [2.24, 2.45) is 0 Å². The Kier molecular flexibility index (Phi) is 5.66. The second-order valence-electron chi connectivity index (χ2n) is 4.34. The summed E-state index contributed by atoms with van der Waals surface area (Å²) >= 11 is 0. The van der Waals surface area contributed by atoms with E-state index in [-0.39, 0.29) is 11.5 Å². The van der Waals surface area contributed by atoms with Gasteiger partial charge in [-0.15, -0.1) is 0 Å². The van der Waals surface area contributed by atoms with Gasteiger partial charge in [0.25, 0.3) is 0 Å². The van der Waals surface area contributed by atoms with Gasteiger partial charge in [0, 0.05) is 19.4 Å². The zero-order valence-corrected chi connectivity index (χ0v) is 12.4. The molecule has 0 fully saturated rings. The summed E-state index contributed by atoms with van der Waals surface area (Å²) in [7, 11) is 1.16. The van der Waals surface area contributed by atoms with Gasteiger partial charge in [-0.1, -0.05) is 29.8 Å². The average Bonchev–Trinajstić information content (AvgIpc) is 2.42. The predicted octanol–water partition coefficient (Wildman–Crippen LogP) is 1.54. The van der Waals surface area contributed by atoms with E-state index in [0.29, 0.717) is 5.56 Å². The van der Waals surface area contributed by atoms with E-state index in [2.05, 4.69) is 10.1 Å². The third-order valence-electron chi connectivity index (χ3n) is 2.48. The number of benzene rings is 1. The molecule has 0 atom stereocenters. The molecule has 0 spiro atoms. The van der Waals surface area contributed by atoms with Crippen molar-refractivity contribution in [3.8, 4) is 0 Å². The van der Waals surface area contributed by atoms with Gasteiger partial charge in [0.2, 0.25) is 11.7 Å². The topological polar surface area (TPSA) is 81.7 Å². The molecule has 6 heteroatoms. The Morgan fingerprint density at radius 3 is 2.05 bits per heavy atom. The molecule has 1 aromatic carbocycles. The van der Waals surface area contributed by atoms with Crippen molar-refractivity contribution < 1.29 is 23.9 Å². The van der Waals surface area contributed by atoms with E-state index in [4.69, 9.17) is 4.74 Å². The Morgan fingerprint density at radius 1 is 1.05 bits per heavy atom. The highest BCUT2D eigenvalue weighted by Gasteiger charge is 2.22. The van der Waals surface area contributed by atoms with E-state index in [1.807, 2.05) is 6.92 Å². The standard InChI is InChI=1S/C15H17NO5/c1-9-5-7-12(8-6-9)13(16-10(2)17)14(15(19)20-4)21-11(3)18/h5-8H,1-4H3,(H,16,17)/b14-13+. The second-order valence-corrected chi connectivity index (χ2v) is 4.34. The van der Waals surface area contributed by atoms with E-state index in [1.54, 1.807) is 24.3 Å². The van der Waals surface area contributed by atoms with E-state index < -0.39 is 17.8 Å². The molecule has 1 N–H and O–H groups in total. The molecule has 0 aliphatic carbocycles. The molecular weight excluding hydrogens is 274 g/mol. The minimum Gasteiger partial charge on any atom is -0.463 e. The molecule has 1 aromatic rings. The van der Waals surface area contributed by atoms with Crippen molar-refractivity contribution in [1.82, 2.24) is 5.32 Å². The number of amides is 1. The molecule has 0 bridgehead atoms. The number of ether oxygens (including phenoxy) is 2. The Labute approximate surface area is 122 Å². The summed E-state index contributed by atoms with van der Waals surface area (Å²) in [5, 5.41) is 2.50. The van der Waals surface area contributed by atoms with Gasteiger partial charge >= 0.3 is 11.9 Å². The van der Waals surface area contributed by atoms with Gasteiger partial charge in [0.05, 0.1) is 12.8 Å². The Morgan fingerprint density at radius 2 is 1.62 bits per heavy atom. The van der Waals surface area contributed by atoms with Crippen LogP contribution in [0, 0.1) is 6.92 Å². The van der Waals surface area contributed by atoms with Crippen molar-refractivity contribution in [2.45, 2.75) is 20.8 Å². The lowest BCUT2D eigenvalue weighted by molar-refractivity contribution is -0.148. The summed E-state index contributed by atoms with van der Waals surface area (Å²) in [5.41, 5.74) is 1.62. The monoisotopic (exact) mass is 291 g/mol. The zero-order valence-electron chi connectivity index (χ0n) is 12.4. The first-order valence-electron chi connectivity index (χ1n) is 6.20. The lowest BCUT2D eigenvalue weighted by Gasteiger charge is -2.14. The van der Waals surface area contributed by atoms with Crippen molar-refractivity contribution in [2.75, 3.05) is 7.11 Å². The number of carbonyl (C=O) groups excluding carboxylic acids is 3. The maximum Gasteiger partial charge on any atom is 0.376 e. The molecule has 0 aromatic heterocycles. The first-order valence-corrected chi connectivity index (χ1v) is 6.20. The number of aryl methyl sites for hydroxylation is 1. The highest BCUT2D eigenvalue weighted by molar-refractivity contribution is 6.00. The van der Waals surface area contributed by atoms with Crippen LogP contribution in [0.4, 0.5) is 0 Å². The molecule has 0 saturated heterocycles. The van der Waals surface area contributed by atoms with Crippen LogP contribution in [0.1, 0.15) is 25.0 Å². The number of rotatable bonds is 4. The normalized spacial score (nSPS) is 11.2. The van der Waals surface area contributed by atoms with Crippen LogP contribution in [0.2, 0.25) is 0 Å². The first-order chi connectivity index (χ1) is 9.85. The molecule has 0 aliphatic rings. The highest BCUT2D eigenvalue weighted by Crippen LogP contribution is 2.19. The molecule has 21 heavy (non-hydrogen) atoms. The minimum atomic E-state index is -0.852. The average molecular weight is 291 g/mol. The fraction of sp³-hybridized carbons (Fsp3) is 0.267. The summed E-state index contributed by atoms with van der Waals surface area (Å²) in [5.74, 6) is -2.30. The lowest BCUT2D eigenvalue weighted by atomic mass is 10.1. The summed E-state index contributed by atoms with van der Waals surface area (Å²) in [6.07, 6.45) is 0. The smallest absolute Gasteiger partial charge is 0.376 e. The molecule has 0 saturated carbocycles. The third-order valence-corrected chi connectivity index (χ3v) is 2.48. The number of hydrogen-bond donors (Lipinski definition) is 1. The van der Waals surface area contributed by atoms with E-state index in [0.717, 1.165) is 19.6 Å². The molecule has 0 unspecified atom stereocenters. The molecule has 112 valence electrons. The number of esters is 2. The fourth-order valence-electron chi connectivity index (χ4n) is 1.59. The molecule has 1 rings (SSSR count). The summed E-state index contributed by atoms with van der Waals surface area (Å²) in [4.78, 5) is 34.3. The van der Waals surface area contributed by atoms with Crippen LogP contribution in [0.25, 0.3) is 5.70 Å². The quantitative estimate of drug-likeness (QED) is 0.517. The summed E-state index contributed by atoms with van der Waals surface area (Å²) < 4.78 is 9.50. The van der Waals surface area contributed by atoms with Crippen LogP contribution in [-0.2, 0) is 23.9 Å². The fourth-order valence-corrected chi connectivity index (χ4v) is 1.59. The van der Waals surface area contributed by atoms with Gasteiger partial charge in [0.1, 0.15) is 0 Å². The molecular formula is C15H17NO5. The van der Waals surface area contributed by atoms with Gasteiger partial charge in [-0.2, -0.15) is 0 Å². The van der Waals surface area contributed by atoms with Crippen LogP contribution in [0.15, 0.2) is 30.0 Å². The van der Waals surface area contributed by atoms with Crippen LogP contribution < -0.4 is 5.32 Å². The Bertz CT molecular complexity index is 587. The van der Waals surface area contributed by atoms with E-state index in [1.165, 1.54) is 6.92 Å². The van der Waals surface area contributed by atoms with Crippen LogP contribution in [-0.4, -0.2) is 25.0 Å². The molecule has 0 heterocycles. The van der Waals surface area contributed by atoms with Gasteiger partial charge < -0.3 is 14.8 Å². The minimum absolute atomic E-state index is 0.0875. The van der Waals surface area contributed by atoms with Crippen molar-refractivity contribution in [3.63, 3.8) is 0 Å². The highest BCUT2D eigenvalue weighted by atomic mass is 16.6. The maximum absolute atomic E-state index is 11.8. The van der Waals surface area contributed by atoms with Crippen molar-refractivity contribution in [3.05, 3.63) is 41.2 Å². The zero-order chi connectivity index (χ0) is 16.0. The van der Waals surface area contributed by atoms with E-state index in [9.17, 15) is 14.4 Å². The number of hydrogen-bond acceptors (Lipinski definition) is 5. The number of nitrogens with one attached hydrogen (secondary N) is 1. The molecule has 0 radical (unpaired) electrons. The number of carbonyl (C=O) groups is 3. The lowest BCUT2D eigenvalue weighted by Crippen LogP contribution is -2.24. The van der Waals surface area contributed by atoms with Crippen LogP contribution >= 0.6 is 0 Å².